The number of hydrogen-bond acceptors (Lipinski definition) is 3. The molecular weight excluding hydrogens is 246 g/mol. The number of carboxylic acids is 1. The van der Waals surface area contributed by atoms with E-state index < -0.39 is 17.8 Å². The average molecular weight is 267 g/mol. The van der Waals surface area contributed by atoms with E-state index in [0.29, 0.717) is 12.8 Å². The quantitative estimate of drug-likeness (QED) is 0.754. The molecule has 2 aliphatic rings. The van der Waals surface area contributed by atoms with Crippen LogP contribution in [-0.2, 0) is 14.3 Å². The number of carboxylic acid groups (broad SMARTS) is 1. The summed E-state index contributed by atoms with van der Waals surface area (Å²) in [5.74, 6) is -2.10. The van der Waals surface area contributed by atoms with Crippen molar-refractivity contribution in [2.24, 2.45) is 11.8 Å². The number of rotatable bonds is 4. The Balaban J connectivity index is 1.98. The second-order valence-electron chi connectivity index (χ2n) is 5.31. The number of hydrogen-bond donors (Lipinski definition) is 2. The van der Waals surface area contributed by atoms with Crippen LogP contribution in [-0.4, -0.2) is 36.2 Å². The Labute approximate surface area is 113 Å². The molecular formula is C14H21NO4. The van der Waals surface area contributed by atoms with Gasteiger partial charge in [0.15, 0.2) is 0 Å². The van der Waals surface area contributed by atoms with Crippen molar-refractivity contribution in [3.05, 3.63) is 12.2 Å². The summed E-state index contributed by atoms with van der Waals surface area (Å²) in [6.45, 7) is 0. The van der Waals surface area contributed by atoms with E-state index in [9.17, 15) is 14.7 Å². The van der Waals surface area contributed by atoms with E-state index in [-0.39, 0.29) is 18.1 Å². The average Bonchev–Trinajstić information content (AvgIpc) is 2.85. The van der Waals surface area contributed by atoms with Crippen LogP contribution in [0.2, 0.25) is 0 Å². The van der Waals surface area contributed by atoms with Gasteiger partial charge in [-0.25, -0.2) is 0 Å². The Bertz CT molecular complexity index is 380. The Hall–Kier alpha value is -1.36. The predicted molar refractivity (Wildman–Crippen MR) is 69.6 cm³/mol. The lowest BCUT2D eigenvalue weighted by molar-refractivity contribution is -0.147. The lowest BCUT2D eigenvalue weighted by atomic mass is 9.82. The van der Waals surface area contributed by atoms with Crippen LogP contribution in [0.25, 0.3) is 0 Å². The van der Waals surface area contributed by atoms with Crippen molar-refractivity contribution < 1.29 is 19.4 Å². The van der Waals surface area contributed by atoms with Gasteiger partial charge in [0.05, 0.1) is 24.0 Å². The van der Waals surface area contributed by atoms with Gasteiger partial charge in [0.1, 0.15) is 0 Å². The normalized spacial score (nSPS) is 34.2. The van der Waals surface area contributed by atoms with Gasteiger partial charge in [-0.3, -0.25) is 9.59 Å². The second-order valence-corrected chi connectivity index (χ2v) is 5.31. The van der Waals surface area contributed by atoms with Crippen LogP contribution >= 0.6 is 0 Å². The maximum atomic E-state index is 12.3. The van der Waals surface area contributed by atoms with E-state index in [4.69, 9.17) is 4.74 Å². The van der Waals surface area contributed by atoms with Crippen molar-refractivity contribution >= 4 is 11.9 Å². The Morgan fingerprint density at radius 2 is 1.89 bits per heavy atom. The molecule has 0 saturated heterocycles. The molecule has 2 N–H and O–H groups in total. The van der Waals surface area contributed by atoms with E-state index in [0.717, 1.165) is 19.3 Å². The van der Waals surface area contributed by atoms with Gasteiger partial charge < -0.3 is 15.2 Å². The van der Waals surface area contributed by atoms with Gasteiger partial charge in [-0.1, -0.05) is 12.2 Å². The Morgan fingerprint density at radius 3 is 2.53 bits per heavy atom. The molecule has 0 aromatic heterocycles. The molecule has 4 atom stereocenters. The zero-order valence-electron chi connectivity index (χ0n) is 11.2. The third-order valence-electron chi connectivity index (χ3n) is 4.17. The standard InChI is InChI=1S/C14H21NO4/c1-19-12-8-4-7-11(12)15-13(16)9-5-2-3-6-10(9)14(17)18/h2-3,9-12H,4-8H2,1H3,(H,15,16)(H,17,18)/t9-,10+,11?,12?/m1/s1. The van der Waals surface area contributed by atoms with Crippen molar-refractivity contribution in [1.82, 2.24) is 5.32 Å². The molecule has 1 amide bonds. The van der Waals surface area contributed by atoms with Crippen molar-refractivity contribution in [3.63, 3.8) is 0 Å². The number of carbonyl (C=O) groups excluding carboxylic acids is 1. The van der Waals surface area contributed by atoms with E-state index in [1.54, 1.807) is 7.11 Å². The first-order valence-electron chi connectivity index (χ1n) is 6.84. The first kappa shape index (κ1) is 14.1. The minimum absolute atomic E-state index is 0.0258. The first-order chi connectivity index (χ1) is 9.13. The smallest absolute Gasteiger partial charge is 0.307 e. The third-order valence-corrected chi connectivity index (χ3v) is 4.17. The van der Waals surface area contributed by atoms with Crippen molar-refractivity contribution in [1.29, 1.82) is 0 Å². The van der Waals surface area contributed by atoms with Gasteiger partial charge in [-0.15, -0.1) is 0 Å². The van der Waals surface area contributed by atoms with E-state index in [1.807, 2.05) is 12.2 Å². The lowest BCUT2D eigenvalue weighted by Crippen LogP contribution is -2.46. The summed E-state index contributed by atoms with van der Waals surface area (Å²) in [4.78, 5) is 23.5. The van der Waals surface area contributed by atoms with Crippen LogP contribution < -0.4 is 5.32 Å². The molecule has 2 rings (SSSR count). The Kier molecular flexibility index (Phi) is 4.58. The molecule has 0 bridgehead atoms. The number of nitrogens with one attached hydrogen (secondary N) is 1. The van der Waals surface area contributed by atoms with Gasteiger partial charge in [0, 0.05) is 7.11 Å². The van der Waals surface area contributed by atoms with Crippen LogP contribution in [0.5, 0.6) is 0 Å². The van der Waals surface area contributed by atoms with Gasteiger partial charge in [-0.2, -0.15) is 0 Å². The maximum Gasteiger partial charge on any atom is 0.307 e. The molecule has 0 aliphatic heterocycles. The highest BCUT2D eigenvalue weighted by Crippen LogP contribution is 2.28. The predicted octanol–water partition coefficient (Wildman–Crippen LogP) is 1.34. The summed E-state index contributed by atoms with van der Waals surface area (Å²) in [5, 5.41) is 12.2. The van der Waals surface area contributed by atoms with E-state index in [2.05, 4.69) is 5.32 Å². The number of ether oxygens (including phenoxy) is 1. The molecule has 0 heterocycles. The summed E-state index contributed by atoms with van der Waals surface area (Å²) in [6.07, 6.45) is 7.64. The van der Waals surface area contributed by atoms with Crippen LogP contribution in [0.3, 0.4) is 0 Å². The van der Waals surface area contributed by atoms with Gasteiger partial charge in [0.2, 0.25) is 5.91 Å². The van der Waals surface area contributed by atoms with Crippen molar-refractivity contribution in [3.8, 4) is 0 Å². The monoisotopic (exact) mass is 267 g/mol. The second kappa shape index (κ2) is 6.19. The number of allylic oxidation sites excluding steroid dienone is 2. The fraction of sp³-hybridized carbons (Fsp3) is 0.714. The number of carbonyl (C=O) groups is 2. The highest BCUT2D eigenvalue weighted by Gasteiger charge is 2.36. The number of aliphatic carboxylic acids is 1. The maximum absolute atomic E-state index is 12.3. The summed E-state index contributed by atoms with van der Waals surface area (Å²) in [5.41, 5.74) is 0. The topological polar surface area (TPSA) is 75.6 Å². The van der Waals surface area contributed by atoms with Crippen LogP contribution in [0.15, 0.2) is 12.2 Å². The van der Waals surface area contributed by atoms with Crippen LogP contribution in [0, 0.1) is 11.8 Å². The molecule has 2 aliphatic carbocycles. The van der Waals surface area contributed by atoms with Gasteiger partial charge in [-0.05, 0) is 32.1 Å². The SMILES string of the molecule is COC1CCCC1NC(=O)[C@@H]1CC=CC[C@@H]1C(=O)O. The van der Waals surface area contributed by atoms with Gasteiger partial charge >= 0.3 is 5.97 Å². The summed E-state index contributed by atoms with van der Waals surface area (Å²) < 4.78 is 5.34. The molecule has 2 unspecified atom stereocenters. The number of methoxy groups -OCH3 is 1. The largest absolute Gasteiger partial charge is 0.481 e. The minimum atomic E-state index is -0.890. The molecule has 5 nitrogen and oxygen atoms in total. The lowest BCUT2D eigenvalue weighted by Gasteiger charge is -2.27. The fourth-order valence-corrected chi connectivity index (χ4v) is 3.04. The molecule has 0 radical (unpaired) electrons. The molecule has 106 valence electrons. The molecule has 19 heavy (non-hydrogen) atoms. The van der Waals surface area contributed by atoms with E-state index in [1.165, 1.54) is 0 Å². The Morgan fingerprint density at radius 1 is 1.21 bits per heavy atom. The van der Waals surface area contributed by atoms with Crippen molar-refractivity contribution in [2.75, 3.05) is 7.11 Å². The van der Waals surface area contributed by atoms with Gasteiger partial charge in [0.25, 0.3) is 0 Å². The molecule has 1 fully saturated rings. The molecule has 1 saturated carbocycles. The molecule has 0 aromatic carbocycles. The van der Waals surface area contributed by atoms with Crippen LogP contribution in [0.1, 0.15) is 32.1 Å². The van der Waals surface area contributed by atoms with Crippen molar-refractivity contribution in [2.45, 2.75) is 44.2 Å². The zero-order chi connectivity index (χ0) is 13.8. The van der Waals surface area contributed by atoms with Crippen LogP contribution in [0.4, 0.5) is 0 Å². The first-order valence-corrected chi connectivity index (χ1v) is 6.84. The third kappa shape index (κ3) is 3.15. The molecule has 0 spiro atoms. The molecule has 5 heteroatoms. The zero-order valence-corrected chi connectivity index (χ0v) is 11.2. The highest BCUT2D eigenvalue weighted by atomic mass is 16.5. The highest BCUT2D eigenvalue weighted by molar-refractivity contribution is 5.85. The summed E-state index contributed by atoms with van der Waals surface area (Å²) in [6, 6.07) is 0.0258. The molecule has 0 aromatic rings. The fourth-order valence-electron chi connectivity index (χ4n) is 3.04. The minimum Gasteiger partial charge on any atom is -0.481 e. The number of amides is 1. The summed E-state index contributed by atoms with van der Waals surface area (Å²) >= 11 is 0. The summed E-state index contributed by atoms with van der Waals surface area (Å²) in [7, 11) is 1.65. The van der Waals surface area contributed by atoms with E-state index >= 15 is 0 Å².